The van der Waals surface area contributed by atoms with Crippen molar-refractivity contribution in [2.24, 2.45) is 0 Å². The summed E-state index contributed by atoms with van der Waals surface area (Å²) >= 11 is 0. The number of carboxylic acid groups (broad SMARTS) is 1. The van der Waals surface area contributed by atoms with Gasteiger partial charge in [-0.25, -0.2) is 8.98 Å². The Morgan fingerprint density at radius 2 is 1.43 bits per heavy atom. The van der Waals surface area contributed by atoms with E-state index in [1.165, 1.54) is 34.1 Å². The van der Waals surface area contributed by atoms with Gasteiger partial charge in [0.1, 0.15) is 71.8 Å². The smallest absolute Gasteiger partial charge is 0.397 e. The molecule has 0 radical (unpaired) electrons. The Hall–Kier alpha value is -5.43. The zero-order valence-corrected chi connectivity index (χ0v) is 36.3. The van der Waals surface area contributed by atoms with Crippen LogP contribution in [0.4, 0.5) is 0 Å². The number of rotatable bonds is 13. The van der Waals surface area contributed by atoms with E-state index in [0.29, 0.717) is 0 Å². The Kier molecular flexibility index (Phi) is 13.7. The van der Waals surface area contributed by atoms with Crippen molar-refractivity contribution < 1.29 is 111 Å². The van der Waals surface area contributed by atoms with E-state index in [1.807, 2.05) is 0 Å². The Morgan fingerprint density at radius 3 is 2.03 bits per heavy atom. The molecule has 13 N–H and O–H groups in total. The second-order valence-corrected chi connectivity index (χ2v) is 17.1. The van der Waals surface area contributed by atoms with Gasteiger partial charge >= 0.3 is 16.4 Å². The van der Waals surface area contributed by atoms with Crippen LogP contribution < -0.4 is 15.4 Å². The molecule has 0 spiro atoms. The van der Waals surface area contributed by atoms with Gasteiger partial charge in [0.15, 0.2) is 30.2 Å². The molecule has 364 valence electrons. The Balaban J connectivity index is 1.35. The zero-order valence-electron chi connectivity index (χ0n) is 35.5. The number of aliphatic hydroxyl groups is 6. The number of phenolic OH excluding ortho intramolecular Hbond substituents is 3. The van der Waals surface area contributed by atoms with Crippen LogP contribution in [0.15, 0.2) is 24.3 Å². The highest BCUT2D eigenvalue weighted by atomic mass is 32.3. The quantitative estimate of drug-likeness (QED) is 0.0619. The van der Waals surface area contributed by atoms with Crippen molar-refractivity contribution in [3.8, 4) is 34.1 Å². The van der Waals surface area contributed by atoms with E-state index in [-0.39, 0.29) is 22.4 Å². The molecule has 2 fully saturated rings. The number of aromatic hydroxyl groups is 3. The maximum Gasteiger partial charge on any atom is 0.397 e. The minimum Gasteiger partial charge on any atom is -0.507 e. The van der Waals surface area contributed by atoms with Gasteiger partial charge in [-0.1, -0.05) is 6.07 Å². The first-order valence-electron chi connectivity index (χ1n) is 20.2. The number of aliphatic hydroxyl groups excluding tert-OH is 6. The number of aliphatic carboxylic acids is 1. The lowest BCUT2D eigenvalue weighted by molar-refractivity contribution is -0.349. The van der Waals surface area contributed by atoms with Crippen LogP contribution in [0.2, 0.25) is 0 Å². The van der Waals surface area contributed by atoms with Gasteiger partial charge in [-0.15, -0.1) is 0 Å². The molecule has 3 aromatic carbocycles. The molecule has 0 unspecified atom stereocenters. The molecule has 2 saturated heterocycles. The summed E-state index contributed by atoms with van der Waals surface area (Å²) in [7, 11) is -2.68. The van der Waals surface area contributed by atoms with Crippen molar-refractivity contribution >= 4 is 33.8 Å². The molecule has 25 nitrogen and oxygen atoms in total. The number of nitrogens with one attached hydrogen (secondary N) is 2. The first kappa shape index (κ1) is 49.5. The lowest BCUT2D eigenvalue weighted by Gasteiger charge is -2.48. The number of ketones is 2. The Bertz CT molecular complexity index is 2620. The molecule has 0 bridgehead atoms. The predicted octanol–water partition coefficient (Wildman–Crippen LogP) is -2.45. The molecule has 0 aromatic heterocycles. The van der Waals surface area contributed by atoms with Gasteiger partial charge in [-0.05, 0) is 49.7 Å². The third-order valence-corrected chi connectivity index (χ3v) is 12.6. The van der Waals surface area contributed by atoms with Gasteiger partial charge in [0, 0.05) is 28.3 Å². The molecule has 26 heteroatoms. The third kappa shape index (κ3) is 8.59. The highest BCUT2D eigenvalue weighted by Gasteiger charge is 2.53. The van der Waals surface area contributed by atoms with Crippen molar-refractivity contribution in [1.29, 1.82) is 0 Å². The van der Waals surface area contributed by atoms with Gasteiger partial charge in [0.2, 0.25) is 0 Å². The predicted molar refractivity (Wildman–Crippen MR) is 218 cm³/mol. The molecular formula is C41H46N2O23S. The average Bonchev–Trinajstić information content (AvgIpc) is 3.26. The monoisotopic (exact) mass is 966 g/mol. The molecule has 2 aliphatic heterocycles. The fraction of sp³-hybridized carbons (Fsp3) is 0.463. The SMILES string of the molecule is CN[C@H]1[C@H](O[C@H]2O[C@H](CO)[C@@H](O)[C@H](OS(=O)(=O)O)[C@@H]2O)[C@H](O)[C@@H](O[C@@H]2c3cc(C)c(C(=O)N[C@H](CO)C(=O)O)c(O)c3-c3c(cc4c(c3O)C(=O)c3cc(OC)cc(O)c3C4=O)[C@@H]2O)O[C@H]1C. The summed E-state index contributed by atoms with van der Waals surface area (Å²) in [5, 5.41) is 115. The first-order valence-corrected chi connectivity index (χ1v) is 21.6. The van der Waals surface area contributed by atoms with E-state index in [4.69, 9.17) is 23.7 Å². The fourth-order valence-corrected chi connectivity index (χ4v) is 9.41. The topological polar surface area (TPSA) is 404 Å². The van der Waals surface area contributed by atoms with Crippen molar-refractivity contribution in [1.82, 2.24) is 10.6 Å². The molecular weight excluding hydrogens is 921 g/mol. The van der Waals surface area contributed by atoms with E-state index < -0.39 is 183 Å². The van der Waals surface area contributed by atoms with Gasteiger partial charge < -0.3 is 85.4 Å². The normalized spacial score (nSPS) is 29.5. The minimum atomic E-state index is -5.32. The number of phenols is 3. The number of methoxy groups -OCH3 is 1. The summed E-state index contributed by atoms with van der Waals surface area (Å²) in [4.78, 5) is 53.6. The summed E-state index contributed by atoms with van der Waals surface area (Å²) in [5.74, 6) is -7.58. The standard InChI is InChI=1S/C41H46N2O23S/c1-11-5-17-24(31(51)21(11)38(55)43-18(9-44)39(56)57)23-15(8-16-25(32(23)52)28(48)14-6-13(61-4)7-19(46)22(14)27(16)47)29(49)35(17)64-40-33(53)36(26(42-3)12(2)62-40)65-41-34(54)37(66-67(58,59)60)30(50)20(10-45)63-41/h5-8,12,18,20,26,29-30,33-37,40-42,44-46,49-54H,9-10H2,1-4H3,(H,43,55)(H,56,57)(H,58,59,60)/t12-,18+,20+,26+,29-,30+,33-,34-,35+,36-,37-,40+,41+/m0/s1. The molecule has 13 atom stereocenters. The highest BCUT2D eigenvalue weighted by molar-refractivity contribution is 7.80. The molecule has 3 aromatic rings. The van der Waals surface area contributed by atoms with Crippen molar-refractivity contribution in [2.45, 2.75) is 93.4 Å². The van der Waals surface area contributed by atoms with Crippen molar-refractivity contribution in [3.05, 3.63) is 68.8 Å². The lowest BCUT2D eigenvalue weighted by atomic mass is 9.74. The number of aryl methyl sites for hydroxylation is 1. The Morgan fingerprint density at radius 1 is 0.821 bits per heavy atom. The first-order chi connectivity index (χ1) is 31.5. The van der Waals surface area contributed by atoms with E-state index in [2.05, 4.69) is 14.8 Å². The fourth-order valence-electron chi connectivity index (χ4n) is 8.90. The zero-order chi connectivity index (χ0) is 49.3. The number of likely N-dealkylation sites (N-methyl/N-ethyl adjacent to an activating group) is 1. The number of fused-ring (bicyclic) bond motifs is 5. The van der Waals surface area contributed by atoms with E-state index >= 15 is 0 Å². The number of benzene rings is 3. The van der Waals surface area contributed by atoms with Crippen LogP contribution in [0.25, 0.3) is 11.1 Å². The van der Waals surface area contributed by atoms with E-state index in [0.717, 1.165) is 18.2 Å². The van der Waals surface area contributed by atoms with Gasteiger partial charge in [-0.3, -0.25) is 18.9 Å². The van der Waals surface area contributed by atoms with Crippen LogP contribution in [-0.2, 0) is 38.3 Å². The van der Waals surface area contributed by atoms with Crippen molar-refractivity contribution in [3.63, 3.8) is 0 Å². The largest absolute Gasteiger partial charge is 0.507 e. The number of hydrogen-bond donors (Lipinski definition) is 13. The van der Waals surface area contributed by atoms with E-state index in [1.54, 1.807) is 0 Å². The van der Waals surface area contributed by atoms with Gasteiger partial charge in [-0.2, -0.15) is 8.42 Å². The maximum absolute atomic E-state index is 14.1. The molecule has 4 aliphatic rings. The average molecular weight is 967 g/mol. The molecule has 2 heterocycles. The number of amides is 1. The van der Waals surface area contributed by atoms with Crippen molar-refractivity contribution in [2.75, 3.05) is 27.4 Å². The molecule has 2 aliphatic carbocycles. The Labute approximate surface area is 378 Å². The number of carbonyl (C=O) groups is 4. The third-order valence-electron chi connectivity index (χ3n) is 12.1. The number of carbonyl (C=O) groups excluding carboxylic acids is 3. The second-order valence-electron chi connectivity index (χ2n) is 16.1. The van der Waals surface area contributed by atoms with Crippen LogP contribution in [0.5, 0.6) is 23.0 Å². The number of hydrogen-bond acceptors (Lipinski definition) is 22. The second kappa shape index (κ2) is 18.6. The summed E-state index contributed by atoms with van der Waals surface area (Å²) in [5.41, 5.74) is -4.46. The number of carboxylic acids is 1. The van der Waals surface area contributed by atoms with E-state index in [9.17, 15) is 83.2 Å². The van der Waals surface area contributed by atoms with Crippen LogP contribution in [0, 0.1) is 6.92 Å². The minimum absolute atomic E-state index is 0.0357. The summed E-state index contributed by atoms with van der Waals surface area (Å²) in [6, 6.07) is 1.46. The summed E-state index contributed by atoms with van der Waals surface area (Å²) in [6.07, 6.45) is -20.5. The molecule has 7 rings (SSSR count). The van der Waals surface area contributed by atoms with Crippen LogP contribution in [0.3, 0.4) is 0 Å². The van der Waals surface area contributed by atoms with Crippen LogP contribution >= 0.6 is 0 Å². The summed E-state index contributed by atoms with van der Waals surface area (Å²) < 4.78 is 65.9. The van der Waals surface area contributed by atoms with Gasteiger partial charge in [0.05, 0.1) is 49.2 Å². The molecule has 0 saturated carbocycles. The van der Waals surface area contributed by atoms with Gasteiger partial charge in [0.25, 0.3) is 5.91 Å². The molecule has 1 amide bonds. The van der Waals surface area contributed by atoms with Crippen LogP contribution in [-0.4, -0.2) is 182 Å². The highest BCUT2D eigenvalue weighted by Crippen LogP contribution is 2.57. The maximum atomic E-state index is 14.1. The molecule has 67 heavy (non-hydrogen) atoms. The lowest BCUT2D eigenvalue weighted by Crippen LogP contribution is -2.66. The van der Waals surface area contributed by atoms with Crippen LogP contribution in [0.1, 0.15) is 78.0 Å². The number of ether oxygens (including phenoxy) is 5. The summed E-state index contributed by atoms with van der Waals surface area (Å²) in [6.45, 7) is 0.703.